The Balaban J connectivity index is 2.74. The Hall–Kier alpha value is -1.65. The fourth-order valence-electron chi connectivity index (χ4n) is 1.03. The van der Waals surface area contributed by atoms with Crippen molar-refractivity contribution < 1.29 is 13.9 Å². The van der Waals surface area contributed by atoms with Gasteiger partial charge in [0.2, 0.25) is 0 Å². The van der Waals surface area contributed by atoms with E-state index in [1.54, 1.807) is 27.7 Å². The van der Waals surface area contributed by atoms with Crippen LogP contribution in [0.2, 0.25) is 0 Å². The minimum atomic E-state index is -0.718. The van der Waals surface area contributed by atoms with Gasteiger partial charge in [0.05, 0.1) is 0 Å². The summed E-state index contributed by atoms with van der Waals surface area (Å²) in [6.07, 6.45) is 0.704. The predicted molar refractivity (Wildman–Crippen MR) is 58.8 cm³/mol. The zero-order valence-corrected chi connectivity index (χ0v) is 9.80. The number of rotatable bonds is 1. The first kappa shape index (κ1) is 12.4. The van der Waals surface area contributed by atoms with Crippen molar-refractivity contribution in [1.82, 2.24) is 4.98 Å². The normalized spacial score (nSPS) is 11.1. The first-order valence-corrected chi connectivity index (χ1v) is 4.91. The molecule has 0 unspecified atom stereocenters. The summed E-state index contributed by atoms with van der Waals surface area (Å²) in [5, 5.41) is 2.26. The van der Waals surface area contributed by atoms with Gasteiger partial charge in [0.1, 0.15) is 5.60 Å². The Kier molecular flexibility index (Phi) is 3.47. The summed E-state index contributed by atoms with van der Waals surface area (Å²) in [5.74, 6) is -0.664. The molecule has 16 heavy (non-hydrogen) atoms. The molecule has 5 heteroatoms. The summed E-state index contributed by atoms with van der Waals surface area (Å²) in [5.41, 5.74) is -0.203. The van der Waals surface area contributed by atoms with Gasteiger partial charge in [-0.15, -0.1) is 0 Å². The highest BCUT2D eigenvalue weighted by molar-refractivity contribution is 5.83. The van der Waals surface area contributed by atoms with Crippen molar-refractivity contribution in [2.24, 2.45) is 0 Å². The quantitative estimate of drug-likeness (QED) is 0.801. The monoisotopic (exact) mass is 226 g/mol. The topological polar surface area (TPSA) is 51.2 Å². The number of nitrogens with zero attached hydrogens (tertiary/aromatic N) is 1. The molecule has 0 fully saturated rings. The Morgan fingerprint density at radius 1 is 1.50 bits per heavy atom. The number of halogens is 1. The largest absolute Gasteiger partial charge is 0.444 e. The number of ether oxygens (including phenoxy) is 1. The third-order valence-corrected chi connectivity index (χ3v) is 1.70. The van der Waals surface area contributed by atoms with E-state index in [1.165, 1.54) is 12.3 Å². The van der Waals surface area contributed by atoms with Crippen LogP contribution in [-0.4, -0.2) is 16.7 Å². The van der Waals surface area contributed by atoms with Crippen molar-refractivity contribution in [2.75, 3.05) is 5.32 Å². The van der Waals surface area contributed by atoms with Crippen molar-refractivity contribution in [1.29, 1.82) is 0 Å². The van der Waals surface area contributed by atoms with Crippen LogP contribution in [0.1, 0.15) is 26.3 Å². The second-order valence-corrected chi connectivity index (χ2v) is 4.42. The molecule has 0 bridgehead atoms. The number of hydrogen-bond acceptors (Lipinski definition) is 3. The minimum Gasteiger partial charge on any atom is -0.444 e. The maximum absolute atomic E-state index is 13.5. The smallest absolute Gasteiger partial charge is 0.413 e. The number of amides is 1. The van der Waals surface area contributed by atoms with Crippen LogP contribution in [0, 0.1) is 12.7 Å². The third kappa shape index (κ3) is 3.49. The molecule has 1 aromatic heterocycles. The van der Waals surface area contributed by atoms with Gasteiger partial charge in [-0.1, -0.05) is 0 Å². The summed E-state index contributed by atoms with van der Waals surface area (Å²) in [6, 6.07) is 1.52. The van der Waals surface area contributed by atoms with E-state index in [-0.39, 0.29) is 5.82 Å². The van der Waals surface area contributed by atoms with Crippen LogP contribution in [0.25, 0.3) is 0 Å². The lowest BCUT2D eigenvalue weighted by Gasteiger charge is -2.19. The van der Waals surface area contributed by atoms with E-state index in [1.807, 2.05) is 0 Å². The van der Waals surface area contributed by atoms with E-state index in [9.17, 15) is 9.18 Å². The van der Waals surface area contributed by atoms with Gasteiger partial charge >= 0.3 is 6.09 Å². The van der Waals surface area contributed by atoms with Crippen molar-refractivity contribution in [3.05, 3.63) is 23.6 Å². The van der Waals surface area contributed by atoms with Crippen molar-refractivity contribution >= 4 is 11.9 Å². The molecule has 0 aliphatic carbocycles. The second-order valence-electron chi connectivity index (χ2n) is 4.42. The molecule has 1 heterocycles. The predicted octanol–water partition coefficient (Wildman–Crippen LogP) is 2.88. The lowest BCUT2D eigenvalue weighted by molar-refractivity contribution is 0.0634. The number of carbonyl (C=O) groups excluding carboxylic acids is 1. The van der Waals surface area contributed by atoms with Crippen LogP contribution in [0.4, 0.5) is 15.0 Å². The number of pyridine rings is 1. The van der Waals surface area contributed by atoms with Gasteiger partial charge in [-0.3, -0.25) is 5.32 Å². The second kappa shape index (κ2) is 4.47. The van der Waals surface area contributed by atoms with E-state index in [0.717, 1.165) is 0 Å². The molecule has 1 rings (SSSR count). The van der Waals surface area contributed by atoms with Gasteiger partial charge in [-0.25, -0.2) is 14.2 Å². The third-order valence-electron chi connectivity index (χ3n) is 1.70. The molecule has 0 aromatic carbocycles. The van der Waals surface area contributed by atoms with Crippen LogP contribution in [0.3, 0.4) is 0 Å². The van der Waals surface area contributed by atoms with Crippen LogP contribution in [0.15, 0.2) is 12.3 Å². The average Bonchev–Trinajstić information content (AvgIpc) is 2.09. The molecule has 88 valence electrons. The molecular formula is C11H15FN2O2. The Bertz CT molecular complexity index is 399. The van der Waals surface area contributed by atoms with Crippen molar-refractivity contribution in [3.8, 4) is 0 Å². The Morgan fingerprint density at radius 2 is 2.12 bits per heavy atom. The standard InChI is InChI=1S/C11H15FN2O2/c1-7-5-6-13-9(8(7)12)14-10(15)16-11(2,3)4/h5-6H,1-4H3,(H,13,14,15). The molecule has 0 atom stereocenters. The summed E-state index contributed by atoms with van der Waals surface area (Å²) in [6.45, 7) is 6.78. The van der Waals surface area contributed by atoms with E-state index in [4.69, 9.17) is 4.74 Å². The molecule has 4 nitrogen and oxygen atoms in total. The maximum atomic E-state index is 13.5. The highest BCUT2D eigenvalue weighted by atomic mass is 19.1. The number of hydrogen-bond donors (Lipinski definition) is 1. The zero-order chi connectivity index (χ0) is 12.3. The number of anilines is 1. The number of aromatic nitrogens is 1. The first-order chi connectivity index (χ1) is 7.29. The van der Waals surface area contributed by atoms with Gasteiger partial charge in [-0.05, 0) is 39.3 Å². The van der Waals surface area contributed by atoms with Gasteiger partial charge in [0, 0.05) is 6.20 Å². The van der Waals surface area contributed by atoms with Crippen LogP contribution in [0.5, 0.6) is 0 Å². The molecule has 1 aromatic rings. The zero-order valence-electron chi connectivity index (χ0n) is 9.80. The fraction of sp³-hybridized carbons (Fsp3) is 0.455. The van der Waals surface area contributed by atoms with Gasteiger partial charge < -0.3 is 4.74 Å². The van der Waals surface area contributed by atoms with Crippen molar-refractivity contribution in [3.63, 3.8) is 0 Å². The molecule has 0 spiro atoms. The van der Waals surface area contributed by atoms with Crippen molar-refractivity contribution in [2.45, 2.75) is 33.3 Å². The molecule has 1 N–H and O–H groups in total. The highest BCUT2D eigenvalue weighted by Crippen LogP contribution is 2.15. The van der Waals surface area contributed by atoms with Gasteiger partial charge in [0.25, 0.3) is 0 Å². The molecule has 0 saturated carbocycles. The van der Waals surface area contributed by atoms with Crippen LogP contribution in [-0.2, 0) is 4.74 Å². The molecule has 0 aliphatic rings. The average molecular weight is 226 g/mol. The van der Waals surface area contributed by atoms with E-state index < -0.39 is 17.5 Å². The lowest BCUT2D eigenvalue weighted by atomic mass is 10.2. The molecule has 0 aliphatic heterocycles. The Morgan fingerprint density at radius 3 is 2.69 bits per heavy atom. The fourth-order valence-corrected chi connectivity index (χ4v) is 1.03. The number of nitrogens with one attached hydrogen (secondary N) is 1. The van der Waals surface area contributed by atoms with Crippen LogP contribution >= 0.6 is 0 Å². The number of carbonyl (C=O) groups is 1. The van der Waals surface area contributed by atoms with E-state index >= 15 is 0 Å². The van der Waals surface area contributed by atoms with Crippen LogP contribution < -0.4 is 5.32 Å². The van der Waals surface area contributed by atoms with Gasteiger partial charge in [-0.2, -0.15) is 0 Å². The van der Waals surface area contributed by atoms with Gasteiger partial charge in [0.15, 0.2) is 11.6 Å². The van der Waals surface area contributed by atoms with E-state index in [2.05, 4.69) is 10.3 Å². The summed E-state index contributed by atoms with van der Waals surface area (Å²) >= 11 is 0. The lowest BCUT2D eigenvalue weighted by Crippen LogP contribution is -2.27. The summed E-state index contributed by atoms with van der Waals surface area (Å²) < 4.78 is 18.4. The molecule has 1 amide bonds. The maximum Gasteiger partial charge on any atom is 0.413 e. The number of aryl methyl sites for hydroxylation is 1. The van der Waals surface area contributed by atoms with E-state index in [0.29, 0.717) is 5.56 Å². The summed E-state index contributed by atoms with van der Waals surface area (Å²) in [4.78, 5) is 15.1. The summed E-state index contributed by atoms with van der Waals surface area (Å²) in [7, 11) is 0. The Labute approximate surface area is 93.8 Å². The minimum absolute atomic E-state index is 0.116. The highest BCUT2D eigenvalue weighted by Gasteiger charge is 2.18. The molecule has 0 radical (unpaired) electrons. The molecular weight excluding hydrogens is 211 g/mol. The molecule has 0 saturated heterocycles. The first-order valence-electron chi connectivity index (χ1n) is 4.91. The SMILES string of the molecule is Cc1ccnc(NC(=O)OC(C)(C)C)c1F.